The third kappa shape index (κ3) is 1.19. The molecule has 0 aliphatic rings. The smallest absolute Gasteiger partial charge is 0.267 e. The molecule has 72 valence electrons. The molecule has 2 heterocycles. The molecular formula is C10H11N3O. The van der Waals surface area contributed by atoms with E-state index >= 15 is 0 Å². The lowest BCUT2D eigenvalue weighted by Crippen LogP contribution is -2.19. The van der Waals surface area contributed by atoms with Crippen LogP contribution in [-0.2, 0) is 7.05 Å². The molecule has 2 rings (SSSR count). The van der Waals surface area contributed by atoms with E-state index in [0.717, 1.165) is 11.3 Å². The molecule has 2 aromatic heterocycles. The van der Waals surface area contributed by atoms with Crippen LogP contribution in [0, 0.1) is 13.8 Å². The average Bonchev–Trinajstić information content (AvgIpc) is 2.15. The summed E-state index contributed by atoms with van der Waals surface area (Å²) in [6.45, 7) is 3.87. The zero-order valence-electron chi connectivity index (χ0n) is 8.40. The Bertz CT molecular complexity index is 557. The molecule has 0 aromatic carbocycles. The van der Waals surface area contributed by atoms with E-state index in [4.69, 9.17) is 0 Å². The molecule has 0 fully saturated rings. The summed E-state index contributed by atoms with van der Waals surface area (Å²) in [5.41, 5.74) is 2.53. The standard InChI is InChI=1S/C10H11N3O/c1-6-4-8-9(12-7(6)2)5-11-13(3)10(8)14/h4-5H,1-3H3. The second-order valence-corrected chi connectivity index (χ2v) is 3.40. The summed E-state index contributed by atoms with van der Waals surface area (Å²) in [7, 11) is 1.64. The van der Waals surface area contributed by atoms with E-state index < -0.39 is 0 Å². The van der Waals surface area contributed by atoms with Crippen LogP contribution in [0.25, 0.3) is 10.9 Å². The molecule has 0 radical (unpaired) electrons. The zero-order chi connectivity index (χ0) is 10.3. The van der Waals surface area contributed by atoms with Crippen molar-refractivity contribution in [2.24, 2.45) is 7.05 Å². The van der Waals surface area contributed by atoms with Gasteiger partial charge in [-0.3, -0.25) is 9.78 Å². The highest BCUT2D eigenvalue weighted by atomic mass is 16.1. The Morgan fingerprint density at radius 1 is 1.36 bits per heavy atom. The minimum atomic E-state index is -0.0990. The van der Waals surface area contributed by atoms with Gasteiger partial charge in [-0.1, -0.05) is 0 Å². The minimum absolute atomic E-state index is 0.0990. The molecule has 2 aromatic rings. The van der Waals surface area contributed by atoms with Gasteiger partial charge in [0.15, 0.2) is 0 Å². The van der Waals surface area contributed by atoms with Crippen LogP contribution in [0.2, 0.25) is 0 Å². The Hall–Kier alpha value is -1.71. The van der Waals surface area contributed by atoms with Gasteiger partial charge in [0, 0.05) is 12.7 Å². The van der Waals surface area contributed by atoms with Crippen molar-refractivity contribution in [3.63, 3.8) is 0 Å². The second kappa shape index (κ2) is 2.90. The van der Waals surface area contributed by atoms with Crippen molar-refractivity contribution in [1.29, 1.82) is 0 Å². The highest BCUT2D eigenvalue weighted by molar-refractivity contribution is 5.77. The summed E-state index contributed by atoms with van der Waals surface area (Å²) in [4.78, 5) is 16.0. The third-order valence-electron chi connectivity index (χ3n) is 2.37. The summed E-state index contributed by atoms with van der Waals surface area (Å²) < 4.78 is 1.32. The maximum absolute atomic E-state index is 11.7. The number of hydrogen-bond acceptors (Lipinski definition) is 3. The first-order valence-corrected chi connectivity index (χ1v) is 4.40. The van der Waals surface area contributed by atoms with E-state index in [1.165, 1.54) is 4.68 Å². The summed E-state index contributed by atoms with van der Waals surface area (Å²) in [5, 5.41) is 4.55. The molecule has 0 N–H and O–H groups in total. The topological polar surface area (TPSA) is 47.8 Å². The highest BCUT2D eigenvalue weighted by Gasteiger charge is 2.04. The number of aromatic nitrogens is 3. The number of fused-ring (bicyclic) bond motifs is 1. The van der Waals surface area contributed by atoms with Gasteiger partial charge in [-0.05, 0) is 25.5 Å². The van der Waals surface area contributed by atoms with E-state index in [2.05, 4.69) is 10.1 Å². The van der Waals surface area contributed by atoms with Crippen LogP contribution in [0.5, 0.6) is 0 Å². The first-order valence-electron chi connectivity index (χ1n) is 4.40. The van der Waals surface area contributed by atoms with Gasteiger partial charge in [0.05, 0.1) is 17.1 Å². The van der Waals surface area contributed by atoms with Crippen molar-refractivity contribution in [1.82, 2.24) is 14.8 Å². The minimum Gasteiger partial charge on any atom is -0.267 e. The maximum atomic E-state index is 11.7. The quantitative estimate of drug-likeness (QED) is 0.619. The summed E-state index contributed by atoms with van der Waals surface area (Å²) >= 11 is 0. The maximum Gasteiger partial charge on any atom is 0.275 e. The fourth-order valence-corrected chi connectivity index (χ4v) is 1.36. The van der Waals surface area contributed by atoms with Crippen LogP contribution in [0.4, 0.5) is 0 Å². The predicted octanol–water partition coefficient (Wildman–Crippen LogP) is 0.945. The number of rotatable bonds is 0. The van der Waals surface area contributed by atoms with Gasteiger partial charge in [0.2, 0.25) is 0 Å². The summed E-state index contributed by atoms with van der Waals surface area (Å²) in [6.07, 6.45) is 1.61. The monoisotopic (exact) mass is 189 g/mol. The molecule has 0 aliphatic carbocycles. The van der Waals surface area contributed by atoms with Gasteiger partial charge in [-0.25, -0.2) is 4.68 Å². The van der Waals surface area contributed by atoms with Gasteiger partial charge < -0.3 is 0 Å². The Morgan fingerprint density at radius 2 is 2.07 bits per heavy atom. The Balaban J connectivity index is 2.97. The molecule has 14 heavy (non-hydrogen) atoms. The van der Waals surface area contributed by atoms with Gasteiger partial charge in [0.1, 0.15) is 0 Å². The molecule has 0 aliphatic heterocycles. The van der Waals surface area contributed by atoms with E-state index in [-0.39, 0.29) is 5.56 Å². The largest absolute Gasteiger partial charge is 0.275 e. The molecule has 4 heteroatoms. The second-order valence-electron chi connectivity index (χ2n) is 3.40. The molecular weight excluding hydrogens is 178 g/mol. The molecule has 0 saturated carbocycles. The van der Waals surface area contributed by atoms with Gasteiger partial charge in [-0.2, -0.15) is 5.10 Å². The molecule has 0 saturated heterocycles. The first-order chi connectivity index (χ1) is 6.59. The van der Waals surface area contributed by atoms with Gasteiger partial charge >= 0.3 is 0 Å². The van der Waals surface area contributed by atoms with E-state index in [1.807, 2.05) is 19.9 Å². The molecule has 0 spiro atoms. The highest BCUT2D eigenvalue weighted by Crippen LogP contribution is 2.10. The Labute approximate surface area is 81.2 Å². The SMILES string of the molecule is Cc1cc2c(=O)n(C)ncc2nc1C. The van der Waals surface area contributed by atoms with Crippen molar-refractivity contribution in [2.75, 3.05) is 0 Å². The molecule has 4 nitrogen and oxygen atoms in total. The first kappa shape index (κ1) is 8.87. The number of pyridine rings is 1. The van der Waals surface area contributed by atoms with Gasteiger partial charge in [-0.15, -0.1) is 0 Å². The fourth-order valence-electron chi connectivity index (χ4n) is 1.36. The van der Waals surface area contributed by atoms with Crippen molar-refractivity contribution < 1.29 is 0 Å². The lowest BCUT2D eigenvalue weighted by molar-refractivity contribution is 0.716. The van der Waals surface area contributed by atoms with Crippen LogP contribution in [0.15, 0.2) is 17.1 Å². The van der Waals surface area contributed by atoms with Crippen LogP contribution in [0.3, 0.4) is 0 Å². The zero-order valence-corrected chi connectivity index (χ0v) is 8.40. The van der Waals surface area contributed by atoms with E-state index in [9.17, 15) is 4.79 Å². The van der Waals surface area contributed by atoms with Crippen molar-refractivity contribution in [3.05, 3.63) is 33.9 Å². The van der Waals surface area contributed by atoms with E-state index in [1.54, 1.807) is 13.2 Å². The Kier molecular flexibility index (Phi) is 1.84. The van der Waals surface area contributed by atoms with Crippen LogP contribution >= 0.6 is 0 Å². The van der Waals surface area contributed by atoms with Crippen molar-refractivity contribution in [2.45, 2.75) is 13.8 Å². The number of aryl methyl sites for hydroxylation is 3. The molecule has 0 amide bonds. The van der Waals surface area contributed by atoms with Gasteiger partial charge in [0.25, 0.3) is 5.56 Å². The average molecular weight is 189 g/mol. The Morgan fingerprint density at radius 3 is 2.79 bits per heavy atom. The van der Waals surface area contributed by atoms with Crippen LogP contribution in [-0.4, -0.2) is 14.8 Å². The van der Waals surface area contributed by atoms with E-state index in [0.29, 0.717) is 10.9 Å². The summed E-state index contributed by atoms with van der Waals surface area (Å²) in [6, 6.07) is 1.86. The van der Waals surface area contributed by atoms with Crippen LogP contribution < -0.4 is 5.56 Å². The normalized spacial score (nSPS) is 10.8. The third-order valence-corrected chi connectivity index (χ3v) is 2.37. The molecule has 0 unspecified atom stereocenters. The van der Waals surface area contributed by atoms with Crippen molar-refractivity contribution in [3.8, 4) is 0 Å². The lowest BCUT2D eigenvalue weighted by Gasteiger charge is -2.03. The molecule has 0 bridgehead atoms. The summed E-state index contributed by atoms with van der Waals surface area (Å²) in [5.74, 6) is 0. The lowest BCUT2D eigenvalue weighted by atomic mass is 10.2. The number of nitrogens with zero attached hydrogens (tertiary/aromatic N) is 3. The number of hydrogen-bond donors (Lipinski definition) is 0. The molecule has 0 atom stereocenters. The van der Waals surface area contributed by atoms with Crippen LogP contribution in [0.1, 0.15) is 11.3 Å². The fraction of sp³-hybridized carbons (Fsp3) is 0.300. The van der Waals surface area contributed by atoms with Crippen molar-refractivity contribution >= 4 is 10.9 Å². The predicted molar refractivity (Wildman–Crippen MR) is 54.3 cm³/mol.